The number of hydrogen-bond acceptors (Lipinski definition) is 6. The van der Waals surface area contributed by atoms with E-state index in [-0.39, 0.29) is 22.3 Å². The molecule has 0 aliphatic carbocycles. The van der Waals surface area contributed by atoms with Gasteiger partial charge in [0.2, 0.25) is 15.9 Å². The first-order chi connectivity index (χ1) is 9.38. The van der Waals surface area contributed by atoms with Crippen LogP contribution in [-0.4, -0.2) is 23.5 Å². The second-order valence-electron chi connectivity index (χ2n) is 3.95. The van der Waals surface area contributed by atoms with E-state index in [4.69, 9.17) is 22.5 Å². The molecule has 3 N–H and O–H groups in total. The van der Waals surface area contributed by atoms with Crippen LogP contribution in [0.15, 0.2) is 33.7 Å². The van der Waals surface area contributed by atoms with E-state index in [1.807, 2.05) is 0 Å². The fraction of sp³-hybridized carbons (Fsp3) is 0.182. The van der Waals surface area contributed by atoms with E-state index in [2.05, 4.69) is 14.9 Å². The molecule has 7 nitrogen and oxygen atoms in total. The van der Waals surface area contributed by atoms with Crippen molar-refractivity contribution in [3.05, 3.63) is 41.5 Å². The molecule has 0 spiro atoms. The van der Waals surface area contributed by atoms with E-state index in [1.54, 1.807) is 19.1 Å². The summed E-state index contributed by atoms with van der Waals surface area (Å²) in [6.45, 7) is 1.56. The molecule has 0 saturated carbocycles. The fourth-order valence-electron chi connectivity index (χ4n) is 1.47. The predicted octanol–water partition coefficient (Wildman–Crippen LogP) is 0.491. The Balaban J connectivity index is 2.17. The third kappa shape index (κ3) is 3.38. The number of nitrogens with two attached hydrogens (primary N) is 1. The molecule has 0 bridgehead atoms. The molecule has 1 heterocycles. The summed E-state index contributed by atoms with van der Waals surface area (Å²) in [6.07, 6.45) is 0. The van der Waals surface area contributed by atoms with E-state index in [1.165, 1.54) is 12.1 Å². The first-order valence-corrected chi connectivity index (χ1v) is 7.46. The van der Waals surface area contributed by atoms with Crippen LogP contribution < -0.4 is 10.5 Å². The zero-order valence-electron chi connectivity index (χ0n) is 10.5. The van der Waals surface area contributed by atoms with Gasteiger partial charge in [-0.25, -0.2) is 13.1 Å². The molecule has 0 fully saturated rings. The van der Waals surface area contributed by atoms with Crippen LogP contribution in [0.5, 0.6) is 0 Å². The summed E-state index contributed by atoms with van der Waals surface area (Å²) < 4.78 is 31.3. The summed E-state index contributed by atoms with van der Waals surface area (Å²) in [5.41, 5.74) is 5.96. The van der Waals surface area contributed by atoms with Gasteiger partial charge in [0.25, 0.3) is 0 Å². The van der Waals surface area contributed by atoms with Crippen molar-refractivity contribution >= 4 is 27.2 Å². The normalized spacial score (nSPS) is 11.4. The molecule has 0 amide bonds. The Morgan fingerprint density at radius 3 is 2.85 bits per heavy atom. The van der Waals surface area contributed by atoms with Gasteiger partial charge in [-0.2, -0.15) is 4.98 Å². The van der Waals surface area contributed by atoms with Gasteiger partial charge in [0.05, 0.1) is 11.4 Å². The van der Waals surface area contributed by atoms with Crippen LogP contribution in [0.25, 0.3) is 0 Å². The lowest BCUT2D eigenvalue weighted by Crippen LogP contribution is -2.24. The molecule has 0 atom stereocenters. The van der Waals surface area contributed by atoms with Gasteiger partial charge in [0, 0.05) is 12.5 Å². The van der Waals surface area contributed by atoms with Crippen molar-refractivity contribution in [3.63, 3.8) is 0 Å². The lowest BCUT2D eigenvalue weighted by Gasteiger charge is -2.06. The Hall–Kier alpha value is -1.84. The van der Waals surface area contributed by atoms with Crippen molar-refractivity contribution in [2.45, 2.75) is 18.4 Å². The monoisotopic (exact) mass is 312 g/mol. The molecule has 9 heteroatoms. The number of thiocarbonyl (C=S) groups is 1. The topological polar surface area (TPSA) is 111 Å². The molecule has 0 aliphatic heterocycles. The number of aryl methyl sites for hydroxylation is 1. The van der Waals surface area contributed by atoms with Crippen molar-refractivity contribution in [1.82, 2.24) is 14.9 Å². The molecule has 0 saturated heterocycles. The summed E-state index contributed by atoms with van der Waals surface area (Å²) >= 11 is 4.82. The molecule has 0 radical (unpaired) electrons. The van der Waals surface area contributed by atoms with Crippen molar-refractivity contribution in [3.8, 4) is 0 Å². The van der Waals surface area contributed by atoms with E-state index < -0.39 is 10.0 Å². The molecule has 2 aromatic rings. The van der Waals surface area contributed by atoms with Crippen LogP contribution >= 0.6 is 12.2 Å². The van der Waals surface area contributed by atoms with Gasteiger partial charge in [-0.15, -0.1) is 0 Å². The smallest absolute Gasteiger partial charge is 0.241 e. The van der Waals surface area contributed by atoms with Crippen molar-refractivity contribution in [1.29, 1.82) is 0 Å². The molecule has 0 aliphatic rings. The maximum Gasteiger partial charge on any atom is 0.241 e. The van der Waals surface area contributed by atoms with E-state index >= 15 is 0 Å². The van der Waals surface area contributed by atoms with Crippen LogP contribution in [-0.2, 0) is 16.6 Å². The van der Waals surface area contributed by atoms with Crippen LogP contribution in [0.1, 0.15) is 17.3 Å². The van der Waals surface area contributed by atoms with Crippen LogP contribution in [0.2, 0.25) is 0 Å². The standard InChI is InChI=1S/C11H12N4O3S2/c1-7-14-10(15-18-7)6-13-20(16,17)9-4-2-3-8(5-9)11(12)19/h2-5,13H,6H2,1H3,(H2,12,19). The minimum atomic E-state index is -3.69. The Morgan fingerprint density at radius 1 is 1.50 bits per heavy atom. The molecular formula is C11H12N4O3S2. The second-order valence-corrected chi connectivity index (χ2v) is 6.15. The number of benzene rings is 1. The number of aromatic nitrogens is 2. The zero-order chi connectivity index (χ0) is 14.8. The number of sulfonamides is 1. The van der Waals surface area contributed by atoms with E-state index in [9.17, 15) is 8.42 Å². The highest BCUT2D eigenvalue weighted by atomic mass is 32.2. The Morgan fingerprint density at radius 2 is 2.25 bits per heavy atom. The van der Waals surface area contributed by atoms with Gasteiger partial charge < -0.3 is 10.3 Å². The number of nitrogens with zero attached hydrogens (tertiary/aromatic N) is 2. The number of nitrogens with one attached hydrogen (secondary N) is 1. The Bertz CT molecular complexity index is 740. The third-order valence-corrected chi connectivity index (χ3v) is 4.05. The highest BCUT2D eigenvalue weighted by molar-refractivity contribution is 7.89. The van der Waals surface area contributed by atoms with Gasteiger partial charge in [0.1, 0.15) is 4.99 Å². The average Bonchev–Trinajstić information content (AvgIpc) is 2.82. The lowest BCUT2D eigenvalue weighted by atomic mass is 10.2. The molecule has 0 unspecified atom stereocenters. The molecule has 1 aromatic carbocycles. The van der Waals surface area contributed by atoms with Crippen molar-refractivity contribution in [2.24, 2.45) is 5.73 Å². The summed E-state index contributed by atoms with van der Waals surface area (Å²) in [7, 11) is -3.69. The number of rotatable bonds is 5. The molecule has 20 heavy (non-hydrogen) atoms. The second kappa shape index (κ2) is 5.65. The minimum Gasteiger partial charge on any atom is -0.389 e. The maximum atomic E-state index is 12.1. The molecule has 1 aromatic heterocycles. The predicted molar refractivity (Wildman–Crippen MR) is 75.4 cm³/mol. The minimum absolute atomic E-state index is 0.0586. The van der Waals surface area contributed by atoms with Gasteiger partial charge in [-0.1, -0.05) is 29.5 Å². The highest BCUT2D eigenvalue weighted by Gasteiger charge is 2.16. The summed E-state index contributed by atoms with van der Waals surface area (Å²) in [5.74, 6) is 0.631. The zero-order valence-corrected chi connectivity index (χ0v) is 12.2. The van der Waals surface area contributed by atoms with Crippen molar-refractivity contribution < 1.29 is 12.9 Å². The van der Waals surface area contributed by atoms with Gasteiger partial charge in [-0.05, 0) is 12.1 Å². The van der Waals surface area contributed by atoms with Gasteiger partial charge in [-0.3, -0.25) is 0 Å². The van der Waals surface area contributed by atoms with E-state index in [0.29, 0.717) is 11.5 Å². The SMILES string of the molecule is Cc1nc(CNS(=O)(=O)c2cccc(C(N)=S)c2)no1. The van der Waals surface area contributed by atoms with Crippen LogP contribution in [0.4, 0.5) is 0 Å². The quantitative estimate of drug-likeness (QED) is 0.773. The highest BCUT2D eigenvalue weighted by Crippen LogP contribution is 2.12. The molecular weight excluding hydrogens is 300 g/mol. The third-order valence-electron chi connectivity index (χ3n) is 2.42. The maximum absolute atomic E-state index is 12.1. The van der Waals surface area contributed by atoms with Crippen LogP contribution in [0, 0.1) is 6.92 Å². The van der Waals surface area contributed by atoms with Gasteiger partial charge in [0.15, 0.2) is 5.82 Å². The Kier molecular flexibility index (Phi) is 4.12. The van der Waals surface area contributed by atoms with Crippen molar-refractivity contribution in [2.75, 3.05) is 0 Å². The molecule has 2 rings (SSSR count). The summed E-state index contributed by atoms with van der Waals surface area (Å²) in [4.78, 5) is 4.11. The van der Waals surface area contributed by atoms with Gasteiger partial charge >= 0.3 is 0 Å². The first kappa shape index (κ1) is 14.6. The first-order valence-electron chi connectivity index (χ1n) is 5.57. The summed E-state index contributed by atoms with van der Waals surface area (Å²) in [6, 6.07) is 6.07. The fourth-order valence-corrected chi connectivity index (χ4v) is 2.63. The average molecular weight is 312 g/mol. The largest absolute Gasteiger partial charge is 0.389 e. The van der Waals surface area contributed by atoms with E-state index in [0.717, 1.165) is 0 Å². The van der Waals surface area contributed by atoms with Crippen LogP contribution in [0.3, 0.4) is 0 Å². The number of hydrogen-bond donors (Lipinski definition) is 2. The summed E-state index contributed by atoms with van der Waals surface area (Å²) in [5, 5.41) is 3.60. The molecule has 106 valence electrons. The Labute approximate surface area is 121 Å². The lowest BCUT2D eigenvalue weighted by molar-refractivity contribution is 0.387.